The van der Waals surface area contributed by atoms with Crippen LogP contribution < -0.4 is 5.32 Å². The number of allylic oxidation sites excluding steroid dienone is 1. The predicted octanol–water partition coefficient (Wildman–Crippen LogP) is 4.20. The van der Waals surface area contributed by atoms with E-state index in [9.17, 15) is 9.00 Å². The number of amidine groups is 1. The quantitative estimate of drug-likeness (QED) is 0.494. The van der Waals surface area contributed by atoms with Crippen LogP contribution in [0.1, 0.15) is 11.1 Å². The molecule has 0 bridgehead atoms. The Kier molecular flexibility index (Phi) is 8.35. The van der Waals surface area contributed by atoms with Crippen molar-refractivity contribution in [2.45, 2.75) is 17.4 Å². The Balaban J connectivity index is 1.98. The summed E-state index contributed by atoms with van der Waals surface area (Å²) in [6.07, 6.45) is 4.98. The molecule has 2 aromatic carbocycles. The third kappa shape index (κ3) is 6.28. The monoisotopic (exact) mass is 478 g/mol. The number of carbonyl (C=O) groups excluding carboxylic acids is 1. The van der Waals surface area contributed by atoms with E-state index < -0.39 is 22.9 Å². The molecule has 9 heteroatoms. The standard InChI is InChI=1S/C24H22N4O3S2/c1-31-24(29)28-23(32-2)27-22-18(12-16-6-4-3-5-7-16)13-20(14-21(22)26)33(30)19-10-8-17(15-25)9-11-19/h3-11,13-14,22,26H,12H2,1-2H3,(H,27,28,29). The van der Waals surface area contributed by atoms with Crippen LogP contribution in [0.2, 0.25) is 0 Å². The van der Waals surface area contributed by atoms with E-state index in [1.54, 1.807) is 36.6 Å². The maximum Gasteiger partial charge on any atom is 0.412 e. The van der Waals surface area contributed by atoms with Gasteiger partial charge in [0, 0.05) is 9.80 Å². The lowest BCUT2D eigenvalue weighted by Crippen LogP contribution is -2.32. The number of amides is 1. The summed E-state index contributed by atoms with van der Waals surface area (Å²) in [7, 11) is -0.260. The van der Waals surface area contributed by atoms with E-state index in [-0.39, 0.29) is 5.71 Å². The zero-order valence-electron chi connectivity index (χ0n) is 18.1. The molecule has 0 saturated heterocycles. The van der Waals surface area contributed by atoms with Crippen molar-refractivity contribution in [2.75, 3.05) is 13.4 Å². The molecule has 0 radical (unpaired) electrons. The van der Waals surface area contributed by atoms with Crippen LogP contribution in [0.15, 0.2) is 87.1 Å². The number of hydrogen-bond acceptors (Lipinski definition) is 7. The SMILES string of the molecule is COC(=O)NC(=NC1C(=N)C=C(S(=O)c2ccc(C#N)cc2)C=C1Cc1ccccc1)SC. The zero-order chi connectivity index (χ0) is 23.8. The largest absolute Gasteiger partial charge is 0.453 e. The summed E-state index contributed by atoms with van der Waals surface area (Å²) < 4.78 is 17.9. The van der Waals surface area contributed by atoms with Gasteiger partial charge >= 0.3 is 6.09 Å². The second kappa shape index (κ2) is 11.4. The lowest BCUT2D eigenvalue weighted by molar-refractivity contribution is 0.177. The summed E-state index contributed by atoms with van der Waals surface area (Å²) in [5, 5.41) is 20.5. The van der Waals surface area contributed by atoms with Crippen LogP contribution in [0.4, 0.5) is 4.79 Å². The Bertz CT molecular complexity index is 1200. The van der Waals surface area contributed by atoms with E-state index in [4.69, 9.17) is 10.7 Å². The third-order valence-corrected chi connectivity index (χ3v) is 6.73. The Morgan fingerprint density at radius 2 is 1.91 bits per heavy atom. The van der Waals surface area contributed by atoms with E-state index in [1.807, 2.05) is 42.5 Å². The van der Waals surface area contributed by atoms with Crippen molar-refractivity contribution in [1.82, 2.24) is 5.32 Å². The van der Waals surface area contributed by atoms with Crippen LogP contribution in [-0.2, 0) is 22.0 Å². The van der Waals surface area contributed by atoms with Crippen LogP contribution in [-0.4, -0.2) is 40.6 Å². The maximum atomic E-state index is 13.2. The van der Waals surface area contributed by atoms with Crippen LogP contribution in [0, 0.1) is 16.7 Å². The fraction of sp³-hybridized carbons (Fsp3) is 0.167. The van der Waals surface area contributed by atoms with Gasteiger partial charge in [-0.3, -0.25) is 5.32 Å². The van der Waals surface area contributed by atoms with Gasteiger partial charge in [0.2, 0.25) is 0 Å². The molecule has 2 N–H and O–H groups in total. The molecule has 0 saturated carbocycles. The number of nitriles is 1. The van der Waals surface area contributed by atoms with Gasteiger partial charge in [0.25, 0.3) is 0 Å². The molecule has 0 aromatic heterocycles. The lowest BCUT2D eigenvalue weighted by atomic mass is 9.92. The van der Waals surface area contributed by atoms with E-state index in [0.717, 1.165) is 11.1 Å². The fourth-order valence-electron chi connectivity index (χ4n) is 3.15. The molecule has 1 aliphatic carbocycles. The smallest absolute Gasteiger partial charge is 0.412 e. The fourth-order valence-corrected chi connectivity index (χ4v) is 4.70. The number of nitrogens with one attached hydrogen (secondary N) is 2. The number of alkyl carbamates (subject to hydrolysis) is 1. The van der Waals surface area contributed by atoms with Crippen LogP contribution in [0.25, 0.3) is 0 Å². The number of methoxy groups -OCH3 is 1. The number of hydrogen-bond donors (Lipinski definition) is 2. The number of thioether (sulfide) groups is 1. The minimum absolute atomic E-state index is 0.165. The summed E-state index contributed by atoms with van der Waals surface area (Å²) in [5.41, 5.74) is 2.45. The van der Waals surface area contributed by atoms with Crippen molar-refractivity contribution >= 4 is 39.5 Å². The molecular formula is C24H22N4O3S2. The number of aliphatic imine (C=N–C) groups is 1. The molecule has 33 heavy (non-hydrogen) atoms. The van der Waals surface area contributed by atoms with Crippen molar-refractivity contribution in [3.63, 3.8) is 0 Å². The molecular weight excluding hydrogens is 456 g/mol. The number of carbonyl (C=O) groups is 1. The molecule has 0 heterocycles. The molecule has 2 atom stereocenters. The molecule has 1 aliphatic rings. The number of ether oxygens (including phenoxy) is 1. The maximum absolute atomic E-state index is 13.2. The van der Waals surface area contributed by atoms with Crippen molar-refractivity contribution in [2.24, 2.45) is 4.99 Å². The van der Waals surface area contributed by atoms with Crippen molar-refractivity contribution < 1.29 is 13.7 Å². The molecule has 7 nitrogen and oxygen atoms in total. The van der Waals surface area contributed by atoms with E-state index in [1.165, 1.54) is 18.9 Å². The summed E-state index contributed by atoms with van der Waals surface area (Å²) in [5.74, 6) is 0. The second-order valence-corrected chi connectivity index (χ2v) is 9.22. The lowest BCUT2D eigenvalue weighted by Gasteiger charge is -2.23. The molecule has 0 fully saturated rings. The summed E-state index contributed by atoms with van der Waals surface area (Å²) in [6, 6.07) is 17.7. The molecule has 3 rings (SSSR count). The Morgan fingerprint density at radius 3 is 2.52 bits per heavy atom. The van der Waals surface area contributed by atoms with Crippen LogP contribution >= 0.6 is 11.8 Å². The summed E-state index contributed by atoms with van der Waals surface area (Å²) in [6.45, 7) is 0. The normalized spacial score (nSPS) is 16.8. The average Bonchev–Trinajstić information content (AvgIpc) is 2.85. The van der Waals surface area contributed by atoms with E-state index in [2.05, 4.69) is 15.0 Å². The third-order valence-electron chi connectivity index (χ3n) is 4.77. The van der Waals surface area contributed by atoms with Gasteiger partial charge in [-0.15, -0.1) is 0 Å². The predicted molar refractivity (Wildman–Crippen MR) is 132 cm³/mol. The summed E-state index contributed by atoms with van der Waals surface area (Å²) in [4.78, 5) is 17.3. The topological polar surface area (TPSA) is 115 Å². The van der Waals surface area contributed by atoms with E-state index in [0.29, 0.717) is 27.0 Å². The van der Waals surface area contributed by atoms with Crippen LogP contribution in [0.5, 0.6) is 0 Å². The highest BCUT2D eigenvalue weighted by molar-refractivity contribution is 8.13. The molecule has 0 aliphatic heterocycles. The van der Waals surface area contributed by atoms with Crippen molar-refractivity contribution in [1.29, 1.82) is 10.7 Å². The van der Waals surface area contributed by atoms with Gasteiger partial charge in [0.05, 0.1) is 35.3 Å². The van der Waals surface area contributed by atoms with Crippen molar-refractivity contribution in [3.8, 4) is 6.07 Å². The molecule has 2 unspecified atom stereocenters. The van der Waals surface area contributed by atoms with E-state index >= 15 is 0 Å². The molecule has 1 amide bonds. The highest BCUT2D eigenvalue weighted by atomic mass is 32.2. The van der Waals surface area contributed by atoms with Gasteiger partial charge in [-0.1, -0.05) is 42.1 Å². The Hall–Kier alpha value is -3.48. The average molecular weight is 479 g/mol. The summed E-state index contributed by atoms with van der Waals surface area (Å²) >= 11 is 1.23. The van der Waals surface area contributed by atoms with Gasteiger partial charge in [-0.25, -0.2) is 14.0 Å². The number of nitrogens with zero attached hydrogens (tertiary/aromatic N) is 2. The van der Waals surface area contributed by atoms with Gasteiger partial charge in [-0.2, -0.15) is 5.26 Å². The van der Waals surface area contributed by atoms with Gasteiger partial charge < -0.3 is 10.1 Å². The first-order valence-corrected chi connectivity index (χ1v) is 12.3. The molecule has 2 aromatic rings. The molecule has 168 valence electrons. The first-order valence-electron chi connectivity index (χ1n) is 9.88. The van der Waals surface area contributed by atoms with Crippen LogP contribution in [0.3, 0.4) is 0 Å². The zero-order valence-corrected chi connectivity index (χ0v) is 19.7. The minimum atomic E-state index is -1.53. The highest BCUT2D eigenvalue weighted by Crippen LogP contribution is 2.27. The Labute approximate surface area is 199 Å². The van der Waals surface area contributed by atoms with Gasteiger partial charge in [-0.05, 0) is 60.2 Å². The first-order chi connectivity index (χ1) is 15.9. The first kappa shape index (κ1) is 24.2. The highest BCUT2D eigenvalue weighted by Gasteiger charge is 2.26. The molecule has 0 spiro atoms. The Morgan fingerprint density at radius 1 is 1.21 bits per heavy atom. The second-order valence-electron chi connectivity index (χ2n) is 6.95. The minimum Gasteiger partial charge on any atom is -0.453 e. The number of rotatable bonds is 5. The van der Waals surface area contributed by atoms with Crippen molar-refractivity contribution in [3.05, 3.63) is 88.4 Å². The van der Waals surface area contributed by atoms with Gasteiger partial charge in [0.1, 0.15) is 6.04 Å². The van der Waals surface area contributed by atoms with Gasteiger partial charge in [0.15, 0.2) is 5.17 Å². The number of benzene rings is 2.